The summed E-state index contributed by atoms with van der Waals surface area (Å²) in [6.07, 6.45) is 2.35. The van der Waals surface area contributed by atoms with Crippen LogP contribution in [0.15, 0.2) is 56.5 Å². The van der Waals surface area contributed by atoms with E-state index in [1.807, 2.05) is 0 Å². The van der Waals surface area contributed by atoms with Crippen molar-refractivity contribution in [1.29, 1.82) is 0 Å². The van der Waals surface area contributed by atoms with E-state index in [-0.39, 0.29) is 5.39 Å². The summed E-state index contributed by atoms with van der Waals surface area (Å²) in [5.74, 6) is -0.273. The van der Waals surface area contributed by atoms with Crippen LogP contribution in [0.1, 0.15) is 0 Å². The van der Waals surface area contributed by atoms with Gasteiger partial charge in [-0.05, 0) is 30.3 Å². The van der Waals surface area contributed by atoms with Crippen molar-refractivity contribution in [1.82, 2.24) is 0 Å². The Morgan fingerprint density at radius 3 is 2.76 bits per heavy atom. The SMILES string of the molecule is O=c1c(F)coc2ccc(-c3ccco3)cc12. The Labute approximate surface area is 95.1 Å². The van der Waals surface area contributed by atoms with Crippen molar-refractivity contribution in [2.75, 3.05) is 0 Å². The lowest BCUT2D eigenvalue weighted by molar-refractivity contribution is 0.520. The first kappa shape index (κ1) is 9.84. The van der Waals surface area contributed by atoms with Gasteiger partial charge in [-0.1, -0.05) is 0 Å². The lowest BCUT2D eigenvalue weighted by Gasteiger charge is -1.99. The minimum absolute atomic E-state index is 0.207. The van der Waals surface area contributed by atoms with Crippen molar-refractivity contribution < 1.29 is 13.2 Å². The van der Waals surface area contributed by atoms with Gasteiger partial charge < -0.3 is 8.83 Å². The fraction of sp³-hybridized carbons (Fsp3) is 0. The highest BCUT2D eigenvalue weighted by Crippen LogP contribution is 2.23. The van der Waals surface area contributed by atoms with Gasteiger partial charge in [0.15, 0.2) is 0 Å². The van der Waals surface area contributed by atoms with E-state index in [9.17, 15) is 9.18 Å². The Bertz CT molecular complexity index is 726. The Kier molecular flexibility index (Phi) is 2.08. The van der Waals surface area contributed by atoms with Crippen LogP contribution in [0.3, 0.4) is 0 Å². The monoisotopic (exact) mass is 230 g/mol. The van der Waals surface area contributed by atoms with Gasteiger partial charge in [0.1, 0.15) is 17.6 Å². The van der Waals surface area contributed by atoms with Gasteiger partial charge in [0.25, 0.3) is 0 Å². The van der Waals surface area contributed by atoms with Crippen molar-refractivity contribution in [3.63, 3.8) is 0 Å². The summed E-state index contributed by atoms with van der Waals surface area (Å²) in [7, 11) is 0. The molecule has 0 amide bonds. The molecule has 0 aliphatic carbocycles. The second-order valence-electron chi connectivity index (χ2n) is 3.60. The molecule has 0 atom stereocenters. The molecule has 0 unspecified atom stereocenters. The molecule has 0 bridgehead atoms. The second kappa shape index (κ2) is 3.59. The largest absolute Gasteiger partial charge is 0.464 e. The molecule has 4 heteroatoms. The van der Waals surface area contributed by atoms with E-state index in [1.165, 1.54) is 6.26 Å². The maximum atomic E-state index is 13.1. The van der Waals surface area contributed by atoms with E-state index in [0.717, 1.165) is 6.26 Å². The molecule has 0 spiro atoms. The minimum Gasteiger partial charge on any atom is -0.464 e. The Balaban J connectivity index is 2.32. The predicted octanol–water partition coefficient (Wildman–Crippen LogP) is 3.19. The van der Waals surface area contributed by atoms with Crippen LogP contribution in [-0.4, -0.2) is 0 Å². The van der Waals surface area contributed by atoms with Crippen molar-refractivity contribution in [2.24, 2.45) is 0 Å². The lowest BCUT2D eigenvalue weighted by Crippen LogP contribution is -2.05. The standard InChI is InChI=1S/C13H7FO3/c14-10-7-17-12-4-3-8(6-9(12)13(10)15)11-2-1-5-16-11/h1-7H. The van der Waals surface area contributed by atoms with E-state index < -0.39 is 11.2 Å². The summed E-state index contributed by atoms with van der Waals surface area (Å²) in [5, 5.41) is 0.207. The number of furan rings is 1. The van der Waals surface area contributed by atoms with Crippen molar-refractivity contribution in [3.8, 4) is 11.3 Å². The van der Waals surface area contributed by atoms with E-state index >= 15 is 0 Å². The average Bonchev–Trinajstić information content (AvgIpc) is 2.87. The van der Waals surface area contributed by atoms with E-state index in [0.29, 0.717) is 16.9 Å². The second-order valence-corrected chi connectivity index (χ2v) is 3.60. The number of hydrogen-bond acceptors (Lipinski definition) is 3. The third kappa shape index (κ3) is 1.54. The Hall–Kier alpha value is -2.36. The molecule has 0 saturated carbocycles. The predicted molar refractivity (Wildman–Crippen MR) is 60.1 cm³/mol. The summed E-state index contributed by atoms with van der Waals surface area (Å²) in [4.78, 5) is 11.6. The zero-order valence-electron chi connectivity index (χ0n) is 8.64. The zero-order valence-corrected chi connectivity index (χ0v) is 8.64. The van der Waals surface area contributed by atoms with Crippen LogP contribution >= 0.6 is 0 Å². The first-order valence-corrected chi connectivity index (χ1v) is 5.00. The third-order valence-corrected chi connectivity index (χ3v) is 2.54. The van der Waals surface area contributed by atoms with Crippen LogP contribution in [0.4, 0.5) is 4.39 Å². The molecule has 17 heavy (non-hydrogen) atoms. The quantitative estimate of drug-likeness (QED) is 0.644. The van der Waals surface area contributed by atoms with Crippen molar-refractivity contribution in [2.45, 2.75) is 0 Å². The number of rotatable bonds is 1. The fourth-order valence-corrected chi connectivity index (χ4v) is 1.70. The maximum Gasteiger partial charge on any atom is 0.228 e. The maximum absolute atomic E-state index is 13.1. The number of benzene rings is 1. The van der Waals surface area contributed by atoms with Gasteiger partial charge in [-0.25, -0.2) is 0 Å². The molecule has 3 rings (SSSR count). The van der Waals surface area contributed by atoms with Crippen LogP contribution in [0.25, 0.3) is 22.3 Å². The summed E-state index contributed by atoms with van der Waals surface area (Å²) < 4.78 is 23.3. The molecule has 0 fully saturated rings. The summed E-state index contributed by atoms with van der Waals surface area (Å²) in [6.45, 7) is 0. The van der Waals surface area contributed by atoms with Gasteiger partial charge in [-0.15, -0.1) is 0 Å². The molecule has 2 heterocycles. The lowest BCUT2D eigenvalue weighted by atomic mass is 10.1. The van der Waals surface area contributed by atoms with Crippen molar-refractivity contribution >= 4 is 11.0 Å². The van der Waals surface area contributed by atoms with E-state index in [4.69, 9.17) is 8.83 Å². The highest BCUT2D eigenvalue weighted by molar-refractivity contribution is 5.81. The van der Waals surface area contributed by atoms with Gasteiger partial charge in [0, 0.05) is 5.56 Å². The molecule has 84 valence electrons. The zero-order chi connectivity index (χ0) is 11.8. The first-order chi connectivity index (χ1) is 8.25. The topological polar surface area (TPSA) is 43.4 Å². The fourth-order valence-electron chi connectivity index (χ4n) is 1.70. The van der Waals surface area contributed by atoms with Crippen LogP contribution in [0.2, 0.25) is 0 Å². The molecule has 0 saturated heterocycles. The molecule has 2 aromatic heterocycles. The Morgan fingerprint density at radius 1 is 1.12 bits per heavy atom. The van der Waals surface area contributed by atoms with Crippen molar-refractivity contribution in [3.05, 3.63) is 58.9 Å². The molecular weight excluding hydrogens is 223 g/mol. The van der Waals surface area contributed by atoms with Crippen LogP contribution in [0, 0.1) is 5.82 Å². The normalized spacial score (nSPS) is 10.9. The van der Waals surface area contributed by atoms with Gasteiger partial charge in [-0.3, -0.25) is 4.79 Å². The average molecular weight is 230 g/mol. The minimum atomic E-state index is -0.894. The molecular formula is C13H7FO3. The molecule has 0 radical (unpaired) electrons. The molecule has 1 aromatic carbocycles. The summed E-state index contributed by atoms with van der Waals surface area (Å²) in [6, 6.07) is 8.44. The molecule has 0 N–H and O–H groups in total. The van der Waals surface area contributed by atoms with Gasteiger partial charge in [0.05, 0.1) is 11.6 Å². The van der Waals surface area contributed by atoms with Gasteiger partial charge in [-0.2, -0.15) is 4.39 Å². The van der Waals surface area contributed by atoms with Crippen LogP contribution in [-0.2, 0) is 0 Å². The summed E-state index contributed by atoms with van der Waals surface area (Å²) in [5.41, 5.74) is 0.395. The highest BCUT2D eigenvalue weighted by Gasteiger charge is 2.08. The van der Waals surface area contributed by atoms with Gasteiger partial charge in [0.2, 0.25) is 11.2 Å². The van der Waals surface area contributed by atoms with E-state index in [1.54, 1.807) is 30.3 Å². The molecule has 0 aliphatic heterocycles. The molecule has 3 nitrogen and oxygen atoms in total. The summed E-state index contributed by atoms with van der Waals surface area (Å²) >= 11 is 0. The smallest absolute Gasteiger partial charge is 0.228 e. The number of hydrogen-bond donors (Lipinski definition) is 0. The van der Waals surface area contributed by atoms with Crippen LogP contribution < -0.4 is 5.43 Å². The number of fused-ring (bicyclic) bond motifs is 1. The Morgan fingerprint density at radius 2 is 2.00 bits per heavy atom. The molecule has 0 aliphatic rings. The number of halogens is 1. The van der Waals surface area contributed by atoms with Gasteiger partial charge >= 0.3 is 0 Å². The highest BCUT2D eigenvalue weighted by atomic mass is 19.1. The first-order valence-electron chi connectivity index (χ1n) is 5.00. The molecule has 3 aromatic rings. The van der Waals surface area contributed by atoms with Crippen LogP contribution in [0.5, 0.6) is 0 Å². The van der Waals surface area contributed by atoms with E-state index in [2.05, 4.69) is 0 Å². The third-order valence-electron chi connectivity index (χ3n) is 2.54.